The van der Waals surface area contributed by atoms with Crippen LogP contribution in [0.1, 0.15) is 51.9 Å². The molecule has 0 heteroatoms. The van der Waals surface area contributed by atoms with Gasteiger partial charge in [-0.1, -0.05) is 45.3 Å². The van der Waals surface area contributed by atoms with Gasteiger partial charge in [0.1, 0.15) is 0 Å². The molecule has 12 heavy (non-hydrogen) atoms. The molecule has 0 fully saturated rings. The van der Waals surface area contributed by atoms with Gasteiger partial charge >= 0.3 is 0 Å². The van der Waals surface area contributed by atoms with Gasteiger partial charge in [0.2, 0.25) is 0 Å². The molecule has 0 aliphatic heterocycles. The summed E-state index contributed by atoms with van der Waals surface area (Å²) >= 11 is 0. The third-order valence-electron chi connectivity index (χ3n) is 1.90. The van der Waals surface area contributed by atoms with Crippen LogP contribution in [0.2, 0.25) is 0 Å². The van der Waals surface area contributed by atoms with E-state index in [1.165, 1.54) is 38.5 Å². The smallest absolute Gasteiger partial charge is 0.0351 e. The van der Waals surface area contributed by atoms with Gasteiger partial charge < -0.3 is 0 Å². The second-order valence-electron chi connectivity index (χ2n) is 3.16. The van der Waals surface area contributed by atoms with Crippen molar-refractivity contribution in [2.45, 2.75) is 51.9 Å². The SMILES string of the molecule is [CH2]CCCCC=CCCC[CH]C. The molecule has 0 aliphatic carbocycles. The molecule has 0 nitrogen and oxygen atoms in total. The van der Waals surface area contributed by atoms with E-state index in [4.69, 9.17) is 0 Å². The van der Waals surface area contributed by atoms with Crippen molar-refractivity contribution < 1.29 is 0 Å². The van der Waals surface area contributed by atoms with Gasteiger partial charge in [0.25, 0.3) is 0 Å². The van der Waals surface area contributed by atoms with Crippen LogP contribution in [0.25, 0.3) is 0 Å². The van der Waals surface area contributed by atoms with Crippen LogP contribution in [0, 0.1) is 13.3 Å². The van der Waals surface area contributed by atoms with Crippen LogP contribution in [0.4, 0.5) is 0 Å². The van der Waals surface area contributed by atoms with E-state index in [0.717, 1.165) is 6.42 Å². The van der Waals surface area contributed by atoms with E-state index in [1.807, 2.05) is 0 Å². The first kappa shape index (κ1) is 11.7. The normalized spacial score (nSPS) is 11.2. The Morgan fingerprint density at radius 1 is 0.917 bits per heavy atom. The van der Waals surface area contributed by atoms with Crippen LogP contribution in [0.3, 0.4) is 0 Å². The molecule has 2 radical (unpaired) electrons. The minimum atomic E-state index is 1.08. The summed E-state index contributed by atoms with van der Waals surface area (Å²) < 4.78 is 0. The highest BCUT2D eigenvalue weighted by Gasteiger charge is 1.83. The van der Waals surface area contributed by atoms with Crippen molar-refractivity contribution in [1.29, 1.82) is 0 Å². The molecule has 0 unspecified atom stereocenters. The lowest BCUT2D eigenvalue weighted by Gasteiger charge is -1.93. The van der Waals surface area contributed by atoms with Crippen molar-refractivity contribution >= 4 is 0 Å². The molecule has 0 aromatic heterocycles. The average molecular weight is 166 g/mol. The fraction of sp³-hybridized carbons (Fsp3) is 0.667. The maximum absolute atomic E-state index is 3.82. The molecular weight excluding hydrogens is 144 g/mol. The lowest BCUT2D eigenvalue weighted by Crippen LogP contribution is -1.73. The predicted octanol–water partition coefficient (Wildman–Crippen LogP) is 4.33. The van der Waals surface area contributed by atoms with E-state index in [0.29, 0.717) is 0 Å². The quantitative estimate of drug-likeness (QED) is 0.372. The number of unbranched alkanes of at least 4 members (excludes halogenated alkanes) is 6. The van der Waals surface area contributed by atoms with Crippen molar-refractivity contribution in [3.8, 4) is 0 Å². The fourth-order valence-corrected chi connectivity index (χ4v) is 1.11. The first-order chi connectivity index (χ1) is 5.91. The fourth-order valence-electron chi connectivity index (χ4n) is 1.11. The second kappa shape index (κ2) is 10.7. The molecular formula is C12H22. The highest BCUT2D eigenvalue weighted by atomic mass is 13.9. The summed E-state index contributed by atoms with van der Waals surface area (Å²) in [4.78, 5) is 0. The Kier molecular flexibility index (Phi) is 10.5. The minimum absolute atomic E-state index is 1.08. The maximum atomic E-state index is 3.82. The standard InChI is InChI=1S/C12H22/c1-3-5-7-9-11-12-10-8-6-4-2/h4,11-12H,1,3,5-10H2,2H3. The van der Waals surface area contributed by atoms with Gasteiger partial charge in [0, 0.05) is 0 Å². The van der Waals surface area contributed by atoms with Crippen molar-refractivity contribution in [3.05, 3.63) is 25.5 Å². The first-order valence-electron chi connectivity index (χ1n) is 5.14. The lowest BCUT2D eigenvalue weighted by atomic mass is 10.1. The maximum Gasteiger partial charge on any atom is -0.0351 e. The summed E-state index contributed by atoms with van der Waals surface area (Å²) in [6.07, 6.45) is 15.6. The van der Waals surface area contributed by atoms with Crippen LogP contribution < -0.4 is 0 Å². The highest BCUT2D eigenvalue weighted by molar-refractivity contribution is 4.81. The number of hydrogen-bond acceptors (Lipinski definition) is 0. The Hall–Kier alpha value is -0.260. The zero-order chi connectivity index (χ0) is 9.07. The molecule has 0 bridgehead atoms. The summed E-state index contributed by atoms with van der Waals surface area (Å²) in [6.45, 7) is 5.94. The average Bonchev–Trinajstić information content (AvgIpc) is 2.10. The Balaban J connectivity index is 2.93. The number of rotatable bonds is 8. The Bertz CT molecular complexity index is 80.2. The van der Waals surface area contributed by atoms with E-state index in [9.17, 15) is 0 Å². The van der Waals surface area contributed by atoms with Gasteiger partial charge in [-0.05, 0) is 32.1 Å². The van der Waals surface area contributed by atoms with Crippen molar-refractivity contribution in [1.82, 2.24) is 0 Å². The Morgan fingerprint density at radius 3 is 2.17 bits per heavy atom. The Labute approximate surface area is 78.1 Å². The van der Waals surface area contributed by atoms with Crippen molar-refractivity contribution in [2.24, 2.45) is 0 Å². The van der Waals surface area contributed by atoms with Gasteiger partial charge in [0.05, 0.1) is 0 Å². The largest absolute Gasteiger partial charge is 0.0885 e. The van der Waals surface area contributed by atoms with Crippen molar-refractivity contribution in [2.75, 3.05) is 0 Å². The topological polar surface area (TPSA) is 0 Å². The van der Waals surface area contributed by atoms with E-state index >= 15 is 0 Å². The lowest BCUT2D eigenvalue weighted by molar-refractivity contribution is 0.755. The van der Waals surface area contributed by atoms with E-state index in [2.05, 4.69) is 32.4 Å². The molecule has 70 valence electrons. The van der Waals surface area contributed by atoms with Crippen molar-refractivity contribution in [3.63, 3.8) is 0 Å². The van der Waals surface area contributed by atoms with E-state index in [1.54, 1.807) is 0 Å². The molecule has 0 N–H and O–H groups in total. The molecule has 0 atom stereocenters. The molecule has 0 aliphatic rings. The Morgan fingerprint density at radius 2 is 1.58 bits per heavy atom. The van der Waals surface area contributed by atoms with Crippen LogP contribution in [-0.2, 0) is 0 Å². The summed E-state index contributed by atoms with van der Waals surface area (Å²) in [5.74, 6) is 0. The van der Waals surface area contributed by atoms with Gasteiger partial charge in [-0.2, -0.15) is 0 Å². The summed E-state index contributed by atoms with van der Waals surface area (Å²) in [6, 6.07) is 0. The minimum Gasteiger partial charge on any atom is -0.0885 e. The van der Waals surface area contributed by atoms with E-state index < -0.39 is 0 Å². The summed E-state index contributed by atoms with van der Waals surface area (Å²) in [7, 11) is 0. The van der Waals surface area contributed by atoms with Crippen LogP contribution in [0.5, 0.6) is 0 Å². The highest BCUT2D eigenvalue weighted by Crippen LogP contribution is 2.02. The monoisotopic (exact) mass is 166 g/mol. The number of hydrogen-bond donors (Lipinski definition) is 0. The second-order valence-corrected chi connectivity index (χ2v) is 3.16. The molecule has 0 rings (SSSR count). The molecule has 0 amide bonds. The van der Waals surface area contributed by atoms with Gasteiger partial charge in [-0.25, -0.2) is 0 Å². The zero-order valence-electron chi connectivity index (χ0n) is 8.39. The van der Waals surface area contributed by atoms with E-state index in [-0.39, 0.29) is 0 Å². The van der Waals surface area contributed by atoms with Gasteiger partial charge in [-0.3, -0.25) is 0 Å². The molecule has 0 aromatic carbocycles. The molecule has 0 heterocycles. The summed E-state index contributed by atoms with van der Waals surface area (Å²) in [5, 5.41) is 0. The molecule has 0 aromatic rings. The third-order valence-corrected chi connectivity index (χ3v) is 1.90. The zero-order valence-corrected chi connectivity index (χ0v) is 8.39. The summed E-state index contributed by atoms with van der Waals surface area (Å²) in [5.41, 5.74) is 0. The van der Waals surface area contributed by atoms with Gasteiger partial charge in [-0.15, -0.1) is 0 Å². The van der Waals surface area contributed by atoms with Crippen LogP contribution in [-0.4, -0.2) is 0 Å². The van der Waals surface area contributed by atoms with Crippen LogP contribution >= 0.6 is 0 Å². The molecule has 0 saturated heterocycles. The van der Waals surface area contributed by atoms with Crippen LogP contribution in [0.15, 0.2) is 12.2 Å². The first-order valence-corrected chi connectivity index (χ1v) is 5.14. The predicted molar refractivity (Wildman–Crippen MR) is 56.8 cm³/mol. The third kappa shape index (κ3) is 9.74. The number of allylic oxidation sites excluding steroid dienone is 2. The van der Waals surface area contributed by atoms with Gasteiger partial charge in [0.15, 0.2) is 0 Å². The molecule has 0 spiro atoms. The molecule has 0 saturated carbocycles.